The summed E-state index contributed by atoms with van der Waals surface area (Å²) in [6.07, 6.45) is 4.85. The number of alkyl halides is 1. The molecule has 0 saturated carbocycles. The van der Waals surface area contributed by atoms with Gasteiger partial charge in [-0.2, -0.15) is 0 Å². The summed E-state index contributed by atoms with van der Waals surface area (Å²) < 4.78 is 19.3. The minimum Gasteiger partial charge on any atom is -0.348 e. The summed E-state index contributed by atoms with van der Waals surface area (Å²) in [6.45, 7) is 1.55. The fourth-order valence-electron chi connectivity index (χ4n) is 0.771. The van der Waals surface area contributed by atoms with E-state index in [2.05, 4.69) is 9.72 Å². The molecule has 0 bridgehead atoms. The molecule has 0 amide bonds. The van der Waals surface area contributed by atoms with Crippen molar-refractivity contribution >= 4 is 0 Å². The van der Waals surface area contributed by atoms with Crippen molar-refractivity contribution in [2.24, 2.45) is 0 Å². The van der Waals surface area contributed by atoms with Crippen LogP contribution in [0.2, 0.25) is 0 Å². The number of ether oxygens (including phenoxy) is 1. The molecule has 1 atom stereocenters. The fourth-order valence-corrected chi connectivity index (χ4v) is 0.771. The topological polar surface area (TPSA) is 27.1 Å². The fraction of sp³-hybridized carbons (Fsp3) is 0.571. The summed E-state index contributed by atoms with van der Waals surface area (Å²) in [5.74, 6) is -1.61. The van der Waals surface area contributed by atoms with Gasteiger partial charge in [-0.25, -0.2) is 9.37 Å². The van der Waals surface area contributed by atoms with Crippen molar-refractivity contribution in [2.45, 2.75) is 19.3 Å². The van der Waals surface area contributed by atoms with Crippen molar-refractivity contribution in [3.05, 3.63) is 18.7 Å². The number of nitrogens with zero attached hydrogens (tertiary/aromatic N) is 2. The largest absolute Gasteiger partial charge is 0.348 e. The monoisotopic (exact) mass is 158 g/mol. The van der Waals surface area contributed by atoms with E-state index in [0.717, 1.165) is 0 Å². The molecule has 0 aliphatic rings. The molecule has 0 saturated heterocycles. The zero-order chi connectivity index (χ0) is 8.32. The van der Waals surface area contributed by atoms with Crippen LogP contribution in [0, 0.1) is 0 Å². The Kier molecular flexibility index (Phi) is 2.24. The molecular weight excluding hydrogens is 147 g/mol. The van der Waals surface area contributed by atoms with Crippen LogP contribution in [0.3, 0.4) is 0 Å². The quantitative estimate of drug-likeness (QED) is 0.661. The van der Waals surface area contributed by atoms with E-state index in [1.165, 1.54) is 14.0 Å². The van der Waals surface area contributed by atoms with Gasteiger partial charge in [0.1, 0.15) is 0 Å². The SMILES string of the molecule is COC(C)(F)Cn1ccnc1. The van der Waals surface area contributed by atoms with E-state index in [1.807, 2.05) is 0 Å². The van der Waals surface area contributed by atoms with Crippen molar-refractivity contribution in [1.29, 1.82) is 0 Å². The van der Waals surface area contributed by atoms with E-state index in [0.29, 0.717) is 0 Å². The van der Waals surface area contributed by atoms with Gasteiger partial charge >= 0.3 is 0 Å². The second-order valence-corrected chi connectivity index (χ2v) is 2.54. The van der Waals surface area contributed by atoms with Crippen LogP contribution in [0.4, 0.5) is 4.39 Å². The lowest BCUT2D eigenvalue weighted by Crippen LogP contribution is -2.26. The summed E-state index contributed by atoms with van der Waals surface area (Å²) in [4.78, 5) is 3.78. The van der Waals surface area contributed by atoms with Gasteiger partial charge in [0.25, 0.3) is 0 Å². The predicted octanol–water partition coefficient (Wildman–Crippen LogP) is 1.22. The van der Waals surface area contributed by atoms with Gasteiger partial charge in [0.2, 0.25) is 5.85 Å². The summed E-state index contributed by atoms with van der Waals surface area (Å²) in [5, 5.41) is 0. The molecule has 0 spiro atoms. The number of aromatic nitrogens is 2. The maximum absolute atomic E-state index is 13.1. The number of hydrogen-bond acceptors (Lipinski definition) is 2. The summed E-state index contributed by atoms with van der Waals surface area (Å²) >= 11 is 0. The van der Waals surface area contributed by atoms with Gasteiger partial charge < -0.3 is 9.30 Å². The van der Waals surface area contributed by atoms with E-state index in [1.54, 1.807) is 23.3 Å². The van der Waals surface area contributed by atoms with Crippen molar-refractivity contribution in [1.82, 2.24) is 9.55 Å². The van der Waals surface area contributed by atoms with Crippen molar-refractivity contribution in [3.63, 3.8) is 0 Å². The first-order valence-electron chi connectivity index (χ1n) is 3.34. The molecule has 62 valence electrons. The molecule has 1 aromatic heterocycles. The average Bonchev–Trinajstić information content (AvgIpc) is 2.39. The molecule has 0 aromatic carbocycles. The second-order valence-electron chi connectivity index (χ2n) is 2.54. The number of halogens is 1. The Labute approximate surface area is 64.8 Å². The molecule has 1 rings (SSSR count). The Hall–Kier alpha value is -0.900. The van der Waals surface area contributed by atoms with Crippen LogP contribution in [-0.2, 0) is 11.3 Å². The van der Waals surface area contributed by atoms with Crippen molar-refractivity contribution in [2.75, 3.05) is 7.11 Å². The highest BCUT2D eigenvalue weighted by Gasteiger charge is 2.21. The smallest absolute Gasteiger partial charge is 0.224 e. The predicted molar refractivity (Wildman–Crippen MR) is 38.7 cm³/mol. The molecule has 1 aromatic rings. The van der Waals surface area contributed by atoms with Gasteiger partial charge in [-0.15, -0.1) is 0 Å². The normalized spacial score (nSPS) is 16.3. The van der Waals surface area contributed by atoms with Crippen molar-refractivity contribution < 1.29 is 9.13 Å². The van der Waals surface area contributed by atoms with Crippen LogP contribution in [-0.4, -0.2) is 22.5 Å². The van der Waals surface area contributed by atoms with Crippen LogP contribution in [0.5, 0.6) is 0 Å². The van der Waals surface area contributed by atoms with E-state index in [4.69, 9.17) is 0 Å². The lowest BCUT2D eigenvalue weighted by Gasteiger charge is -2.18. The van der Waals surface area contributed by atoms with Gasteiger partial charge in [0, 0.05) is 19.5 Å². The van der Waals surface area contributed by atoms with Crippen LogP contribution in [0.15, 0.2) is 18.7 Å². The molecule has 0 radical (unpaired) electrons. The zero-order valence-electron chi connectivity index (χ0n) is 6.62. The Morgan fingerprint density at radius 1 is 1.73 bits per heavy atom. The minimum absolute atomic E-state index is 0.170. The Morgan fingerprint density at radius 3 is 2.91 bits per heavy atom. The van der Waals surface area contributed by atoms with E-state index in [9.17, 15) is 4.39 Å². The van der Waals surface area contributed by atoms with E-state index >= 15 is 0 Å². The van der Waals surface area contributed by atoms with Crippen LogP contribution in [0.1, 0.15) is 6.92 Å². The average molecular weight is 158 g/mol. The van der Waals surface area contributed by atoms with Crippen LogP contribution >= 0.6 is 0 Å². The standard InChI is InChI=1S/C7H11FN2O/c1-7(8,11-2)5-10-4-3-9-6-10/h3-4,6H,5H2,1-2H3. The highest BCUT2D eigenvalue weighted by Crippen LogP contribution is 2.12. The molecule has 4 heteroatoms. The third-order valence-electron chi connectivity index (χ3n) is 1.45. The van der Waals surface area contributed by atoms with E-state index in [-0.39, 0.29) is 6.54 Å². The van der Waals surface area contributed by atoms with E-state index < -0.39 is 5.85 Å². The molecule has 11 heavy (non-hydrogen) atoms. The van der Waals surface area contributed by atoms with Crippen molar-refractivity contribution in [3.8, 4) is 0 Å². The van der Waals surface area contributed by atoms with Gasteiger partial charge in [0.15, 0.2) is 0 Å². The Balaban J connectivity index is 2.56. The van der Waals surface area contributed by atoms with Crippen LogP contribution in [0.25, 0.3) is 0 Å². The third-order valence-corrected chi connectivity index (χ3v) is 1.45. The molecule has 1 unspecified atom stereocenters. The molecule has 0 aliphatic carbocycles. The lowest BCUT2D eigenvalue weighted by atomic mass is 10.3. The first-order valence-corrected chi connectivity index (χ1v) is 3.34. The highest BCUT2D eigenvalue weighted by atomic mass is 19.2. The lowest BCUT2D eigenvalue weighted by molar-refractivity contribution is -0.116. The van der Waals surface area contributed by atoms with Gasteiger partial charge in [0.05, 0.1) is 12.9 Å². The number of methoxy groups -OCH3 is 1. The highest BCUT2D eigenvalue weighted by molar-refractivity contribution is 4.76. The molecule has 0 fully saturated rings. The Bertz CT molecular complexity index is 208. The third kappa shape index (κ3) is 2.31. The molecule has 0 aliphatic heterocycles. The zero-order valence-corrected chi connectivity index (χ0v) is 6.62. The second kappa shape index (κ2) is 3.00. The van der Waals surface area contributed by atoms with Crippen LogP contribution < -0.4 is 0 Å². The summed E-state index contributed by atoms with van der Waals surface area (Å²) in [6, 6.07) is 0. The minimum atomic E-state index is -1.61. The first-order chi connectivity index (χ1) is 5.14. The van der Waals surface area contributed by atoms with Gasteiger partial charge in [-0.3, -0.25) is 0 Å². The maximum atomic E-state index is 13.1. The molecule has 3 nitrogen and oxygen atoms in total. The molecule has 0 N–H and O–H groups in total. The maximum Gasteiger partial charge on any atom is 0.224 e. The Morgan fingerprint density at radius 2 is 2.45 bits per heavy atom. The van der Waals surface area contributed by atoms with Gasteiger partial charge in [-0.05, 0) is 6.92 Å². The molecule has 1 heterocycles. The first kappa shape index (κ1) is 8.20. The number of imidazole rings is 1. The number of rotatable bonds is 3. The molecular formula is C7H11FN2O. The number of hydrogen-bond donors (Lipinski definition) is 0. The van der Waals surface area contributed by atoms with Gasteiger partial charge in [-0.1, -0.05) is 0 Å². The summed E-state index contributed by atoms with van der Waals surface area (Å²) in [5.41, 5.74) is 0. The summed E-state index contributed by atoms with van der Waals surface area (Å²) in [7, 11) is 1.34.